The molecule has 3 aliphatic rings. The number of amides is 1. The number of benzene rings is 3. The summed E-state index contributed by atoms with van der Waals surface area (Å²) in [5.74, 6) is -1.69. The SMILES string of the molecule is CC(=O)Nc1cccc2c1C=C[C@H]1N2[C@@H](C(C)=O)[C@H](c2ccc(Cl)cc2)C12C(=O)c1ccccc1C2=O. The molecular weight excluding hydrogens is 488 g/mol. The molecule has 0 aromatic heterocycles. The molecule has 6 rings (SSSR count). The number of carbonyl (C=O) groups is 4. The first-order chi connectivity index (χ1) is 17.8. The third kappa shape index (κ3) is 3.12. The average Bonchev–Trinajstić information content (AvgIpc) is 3.31. The van der Waals surface area contributed by atoms with Crippen molar-refractivity contribution in [1.29, 1.82) is 0 Å². The van der Waals surface area contributed by atoms with Crippen LogP contribution in [0, 0.1) is 5.41 Å². The highest BCUT2D eigenvalue weighted by Crippen LogP contribution is 2.61. The molecule has 1 amide bonds. The summed E-state index contributed by atoms with van der Waals surface area (Å²) in [4.78, 5) is 56.0. The molecule has 1 spiro atoms. The van der Waals surface area contributed by atoms with Crippen LogP contribution < -0.4 is 10.2 Å². The fourth-order valence-corrected chi connectivity index (χ4v) is 6.62. The zero-order valence-corrected chi connectivity index (χ0v) is 21.0. The summed E-state index contributed by atoms with van der Waals surface area (Å²) in [5, 5.41) is 3.37. The van der Waals surface area contributed by atoms with Crippen LogP contribution in [0.5, 0.6) is 0 Å². The predicted octanol–water partition coefficient (Wildman–Crippen LogP) is 5.32. The van der Waals surface area contributed by atoms with Crippen LogP contribution in [0.15, 0.2) is 72.8 Å². The second kappa shape index (κ2) is 8.25. The monoisotopic (exact) mass is 510 g/mol. The lowest BCUT2D eigenvalue weighted by molar-refractivity contribution is -0.118. The van der Waals surface area contributed by atoms with Crippen LogP contribution in [0.4, 0.5) is 11.4 Å². The summed E-state index contributed by atoms with van der Waals surface area (Å²) in [5.41, 5.74) is 1.92. The Kier molecular flexibility index (Phi) is 5.21. The summed E-state index contributed by atoms with van der Waals surface area (Å²) < 4.78 is 0. The number of fused-ring (bicyclic) bond motifs is 5. The molecule has 6 nitrogen and oxygen atoms in total. The number of rotatable bonds is 3. The van der Waals surface area contributed by atoms with Crippen molar-refractivity contribution in [3.63, 3.8) is 0 Å². The van der Waals surface area contributed by atoms with E-state index in [4.69, 9.17) is 11.6 Å². The third-order valence-corrected chi connectivity index (χ3v) is 8.05. The van der Waals surface area contributed by atoms with Gasteiger partial charge in [-0.25, -0.2) is 0 Å². The molecule has 37 heavy (non-hydrogen) atoms. The van der Waals surface area contributed by atoms with Gasteiger partial charge in [-0.05, 0) is 36.8 Å². The minimum atomic E-state index is -1.54. The van der Waals surface area contributed by atoms with E-state index < -0.39 is 23.4 Å². The number of halogens is 1. The molecule has 3 aromatic rings. The van der Waals surface area contributed by atoms with Gasteiger partial charge < -0.3 is 10.2 Å². The highest BCUT2D eigenvalue weighted by molar-refractivity contribution is 6.32. The van der Waals surface area contributed by atoms with Gasteiger partial charge in [-0.1, -0.05) is 66.2 Å². The number of hydrogen-bond acceptors (Lipinski definition) is 5. The van der Waals surface area contributed by atoms with Crippen molar-refractivity contribution in [2.75, 3.05) is 10.2 Å². The number of Topliss-reactive ketones (excluding diaryl/α,β-unsaturated/α-hetero) is 3. The zero-order valence-electron chi connectivity index (χ0n) is 20.2. The van der Waals surface area contributed by atoms with Crippen molar-refractivity contribution in [2.24, 2.45) is 5.41 Å². The smallest absolute Gasteiger partial charge is 0.221 e. The molecule has 3 aromatic carbocycles. The maximum atomic E-state index is 14.4. The van der Waals surface area contributed by atoms with Gasteiger partial charge in [0.25, 0.3) is 0 Å². The van der Waals surface area contributed by atoms with Crippen LogP contribution in [0.25, 0.3) is 6.08 Å². The van der Waals surface area contributed by atoms with Crippen molar-refractivity contribution < 1.29 is 19.2 Å². The first kappa shape index (κ1) is 23.4. The Morgan fingerprint density at radius 2 is 1.54 bits per heavy atom. The minimum Gasteiger partial charge on any atom is -0.352 e. The van der Waals surface area contributed by atoms with Crippen LogP contribution in [-0.2, 0) is 9.59 Å². The number of anilines is 2. The average molecular weight is 511 g/mol. The van der Waals surface area contributed by atoms with Gasteiger partial charge in [-0.3, -0.25) is 19.2 Å². The maximum absolute atomic E-state index is 14.4. The van der Waals surface area contributed by atoms with Gasteiger partial charge in [0, 0.05) is 40.2 Å². The maximum Gasteiger partial charge on any atom is 0.221 e. The topological polar surface area (TPSA) is 83.6 Å². The van der Waals surface area contributed by atoms with Gasteiger partial charge in [-0.15, -0.1) is 0 Å². The summed E-state index contributed by atoms with van der Waals surface area (Å²) in [7, 11) is 0. The van der Waals surface area contributed by atoms with Crippen molar-refractivity contribution in [3.05, 3.63) is 100 Å². The summed E-state index contributed by atoms with van der Waals surface area (Å²) in [6.07, 6.45) is 3.68. The lowest BCUT2D eigenvalue weighted by Gasteiger charge is -2.37. The molecule has 2 heterocycles. The van der Waals surface area contributed by atoms with E-state index in [1.165, 1.54) is 13.8 Å². The lowest BCUT2D eigenvalue weighted by atomic mass is 9.64. The third-order valence-electron chi connectivity index (χ3n) is 7.80. The van der Waals surface area contributed by atoms with Crippen LogP contribution >= 0.6 is 11.6 Å². The van der Waals surface area contributed by atoms with Gasteiger partial charge in [0.05, 0.1) is 17.8 Å². The molecule has 1 saturated heterocycles. The van der Waals surface area contributed by atoms with E-state index in [1.54, 1.807) is 60.7 Å². The van der Waals surface area contributed by atoms with Crippen molar-refractivity contribution in [1.82, 2.24) is 0 Å². The molecule has 3 atom stereocenters. The molecule has 2 aliphatic heterocycles. The summed E-state index contributed by atoms with van der Waals surface area (Å²) in [6, 6.07) is 17.8. The van der Waals surface area contributed by atoms with Crippen molar-refractivity contribution in [2.45, 2.75) is 31.8 Å². The molecule has 0 bridgehead atoms. The Hall–Kier alpha value is -4.03. The van der Waals surface area contributed by atoms with Crippen LogP contribution in [0.1, 0.15) is 51.6 Å². The Bertz CT molecular complexity index is 1510. The number of nitrogens with zero attached hydrogens (tertiary/aromatic N) is 1. The lowest BCUT2D eigenvalue weighted by Crippen LogP contribution is -2.48. The molecule has 1 aliphatic carbocycles. The fraction of sp³-hybridized carbons (Fsp3) is 0.200. The Morgan fingerprint density at radius 3 is 2.14 bits per heavy atom. The Labute approximate surface area is 218 Å². The van der Waals surface area contributed by atoms with Gasteiger partial charge >= 0.3 is 0 Å². The molecule has 0 unspecified atom stereocenters. The minimum absolute atomic E-state index is 0.162. The van der Waals surface area contributed by atoms with E-state index >= 15 is 0 Å². The number of ketones is 3. The second-order valence-corrected chi connectivity index (χ2v) is 10.2. The van der Waals surface area contributed by atoms with Gasteiger partial charge in [0.2, 0.25) is 5.91 Å². The van der Waals surface area contributed by atoms with E-state index in [1.807, 2.05) is 23.1 Å². The summed E-state index contributed by atoms with van der Waals surface area (Å²) >= 11 is 6.19. The first-order valence-corrected chi connectivity index (χ1v) is 12.5. The zero-order chi connectivity index (χ0) is 26.1. The van der Waals surface area contributed by atoms with Crippen LogP contribution in [0.3, 0.4) is 0 Å². The quantitative estimate of drug-likeness (QED) is 0.482. The first-order valence-electron chi connectivity index (χ1n) is 12.1. The van der Waals surface area contributed by atoms with E-state index in [2.05, 4.69) is 5.32 Å². The molecule has 1 N–H and O–H groups in total. The largest absolute Gasteiger partial charge is 0.352 e. The van der Waals surface area contributed by atoms with E-state index in [9.17, 15) is 19.2 Å². The summed E-state index contributed by atoms with van der Waals surface area (Å²) in [6.45, 7) is 2.93. The normalized spacial score (nSPS) is 22.6. The molecule has 7 heteroatoms. The number of hydrogen-bond donors (Lipinski definition) is 1. The van der Waals surface area contributed by atoms with Crippen molar-refractivity contribution >= 4 is 52.3 Å². The predicted molar refractivity (Wildman–Crippen MR) is 142 cm³/mol. The van der Waals surface area contributed by atoms with Crippen molar-refractivity contribution in [3.8, 4) is 0 Å². The van der Waals surface area contributed by atoms with Gasteiger partial charge in [0.15, 0.2) is 17.3 Å². The van der Waals surface area contributed by atoms with Gasteiger partial charge in [0.1, 0.15) is 5.41 Å². The fourth-order valence-electron chi connectivity index (χ4n) is 6.49. The number of carbonyl (C=O) groups excluding carboxylic acids is 4. The number of nitrogens with one attached hydrogen (secondary N) is 1. The molecule has 184 valence electrons. The Balaban J connectivity index is 1.65. The van der Waals surface area contributed by atoms with Crippen LogP contribution in [0.2, 0.25) is 5.02 Å². The molecular formula is C30H23ClN2O4. The molecule has 0 radical (unpaired) electrons. The molecule has 1 fully saturated rings. The van der Waals surface area contributed by atoms with E-state index in [0.29, 0.717) is 33.1 Å². The van der Waals surface area contributed by atoms with E-state index in [0.717, 1.165) is 5.56 Å². The van der Waals surface area contributed by atoms with E-state index in [-0.39, 0.29) is 23.3 Å². The second-order valence-electron chi connectivity index (χ2n) is 9.79. The van der Waals surface area contributed by atoms with Gasteiger partial charge in [-0.2, -0.15) is 0 Å². The highest BCUT2D eigenvalue weighted by atomic mass is 35.5. The Morgan fingerprint density at radius 1 is 0.892 bits per heavy atom. The van der Waals surface area contributed by atoms with Crippen LogP contribution in [-0.4, -0.2) is 35.3 Å². The molecule has 0 saturated carbocycles. The standard InChI is InChI=1S/C30H23ClN2O4/c1-16(34)27-26(18-10-12-19(31)13-11-18)30(28(36)20-6-3-4-7-21(20)29(30)37)25-15-14-22-23(32-17(2)35)8-5-9-24(22)33(25)27/h3-15,25-27H,1-2H3,(H,32,35)/t25-,26+,27+/m1/s1. The highest BCUT2D eigenvalue weighted by Gasteiger charge is 2.71.